The molecule has 1 aliphatic rings. The average molecular weight is 273 g/mol. The highest BCUT2D eigenvalue weighted by Crippen LogP contribution is 2.23. The van der Waals surface area contributed by atoms with E-state index >= 15 is 0 Å². The molecule has 0 bridgehead atoms. The molecule has 5 heteroatoms. The van der Waals surface area contributed by atoms with Gasteiger partial charge >= 0.3 is 0 Å². The van der Waals surface area contributed by atoms with Crippen molar-refractivity contribution in [1.82, 2.24) is 5.32 Å². The summed E-state index contributed by atoms with van der Waals surface area (Å²) in [6.45, 7) is 4.20. The molecule has 0 amide bonds. The number of benzene rings is 1. The van der Waals surface area contributed by atoms with Crippen molar-refractivity contribution in [2.75, 3.05) is 18.1 Å². The van der Waals surface area contributed by atoms with Crippen LogP contribution in [-0.4, -0.2) is 22.3 Å². The van der Waals surface area contributed by atoms with Crippen molar-refractivity contribution in [3.05, 3.63) is 34.9 Å². The first-order valence-corrected chi connectivity index (χ1v) is 7.50. The molecule has 2 rings (SSSR count). The fourth-order valence-corrected chi connectivity index (χ4v) is 3.72. The smallest absolute Gasteiger partial charge is 0.128 e. The Morgan fingerprint density at radius 2 is 2.00 bits per heavy atom. The summed E-state index contributed by atoms with van der Waals surface area (Å²) in [5, 5.41) is 3.17. The van der Waals surface area contributed by atoms with E-state index in [4.69, 9.17) is 0 Å². The van der Waals surface area contributed by atoms with Crippen LogP contribution in [0.1, 0.15) is 24.1 Å². The van der Waals surface area contributed by atoms with Gasteiger partial charge in [-0.2, -0.15) is 0 Å². The minimum absolute atomic E-state index is 0.278. The van der Waals surface area contributed by atoms with Crippen molar-refractivity contribution in [2.45, 2.75) is 19.9 Å². The van der Waals surface area contributed by atoms with E-state index in [9.17, 15) is 13.0 Å². The molecule has 1 saturated heterocycles. The number of nitrogens with one attached hydrogen (secondary N) is 1. The van der Waals surface area contributed by atoms with Crippen molar-refractivity contribution in [2.24, 2.45) is 5.92 Å². The van der Waals surface area contributed by atoms with Gasteiger partial charge in [-0.15, -0.1) is 0 Å². The Morgan fingerprint density at radius 3 is 2.72 bits per heavy atom. The molecule has 0 radical (unpaired) electrons. The van der Waals surface area contributed by atoms with E-state index in [2.05, 4.69) is 5.32 Å². The molecule has 0 aromatic heterocycles. The van der Waals surface area contributed by atoms with Crippen LogP contribution in [0.15, 0.2) is 12.1 Å². The molecule has 1 heterocycles. The topological polar surface area (TPSA) is 29.1 Å². The van der Waals surface area contributed by atoms with Gasteiger partial charge in [0.25, 0.3) is 0 Å². The lowest BCUT2D eigenvalue weighted by Crippen LogP contribution is -2.26. The first-order valence-electron chi connectivity index (χ1n) is 6.01. The molecule has 1 N–H and O–H groups in total. The monoisotopic (exact) mass is 273 g/mol. The molecule has 18 heavy (non-hydrogen) atoms. The lowest BCUT2D eigenvalue weighted by molar-refractivity contribution is 0.491. The number of halogens is 2. The second-order valence-electron chi connectivity index (χ2n) is 4.96. The molecule has 3 unspecified atom stereocenters. The minimum Gasteiger partial charge on any atom is -0.309 e. The van der Waals surface area contributed by atoms with Gasteiger partial charge in [0, 0.05) is 33.9 Å². The van der Waals surface area contributed by atoms with Crippen LogP contribution in [0.5, 0.6) is 0 Å². The number of hydrogen-bond acceptors (Lipinski definition) is 2. The zero-order valence-corrected chi connectivity index (χ0v) is 11.3. The highest BCUT2D eigenvalue weighted by Gasteiger charge is 2.24. The molecule has 1 aromatic carbocycles. The summed E-state index contributed by atoms with van der Waals surface area (Å²) < 4.78 is 39.2. The molecule has 1 aliphatic heterocycles. The van der Waals surface area contributed by atoms with Gasteiger partial charge in [0.15, 0.2) is 0 Å². The van der Waals surface area contributed by atoms with Gasteiger partial charge in [-0.05, 0) is 37.1 Å². The van der Waals surface area contributed by atoms with Crippen LogP contribution >= 0.6 is 0 Å². The van der Waals surface area contributed by atoms with Gasteiger partial charge in [0.1, 0.15) is 11.6 Å². The lowest BCUT2D eigenvalue weighted by Gasteiger charge is -2.17. The summed E-state index contributed by atoms with van der Waals surface area (Å²) >= 11 is 0. The predicted octanol–water partition coefficient (Wildman–Crippen LogP) is 2.30. The summed E-state index contributed by atoms with van der Waals surface area (Å²) in [4.78, 5) is 0. The van der Waals surface area contributed by atoms with Crippen LogP contribution in [0, 0.1) is 24.5 Å². The van der Waals surface area contributed by atoms with Crippen molar-refractivity contribution >= 4 is 10.8 Å². The van der Waals surface area contributed by atoms with Gasteiger partial charge in [0.2, 0.25) is 0 Å². The molecular weight excluding hydrogens is 256 g/mol. The predicted molar refractivity (Wildman–Crippen MR) is 68.9 cm³/mol. The molecule has 1 fully saturated rings. The minimum atomic E-state index is -0.990. The maximum absolute atomic E-state index is 13.9. The third-order valence-electron chi connectivity index (χ3n) is 3.19. The van der Waals surface area contributed by atoms with Crippen LogP contribution in [0.25, 0.3) is 0 Å². The standard InChI is InChI=1S/C13H17F2NOS/c1-8-5-16-13(7-18(17)6-8)10-4-11(14)9(2)3-12(10)15/h3-4,8,13,16H,5-7H2,1-2H3. The summed E-state index contributed by atoms with van der Waals surface area (Å²) in [6, 6.07) is 2.05. The fraction of sp³-hybridized carbons (Fsp3) is 0.538. The number of aryl methyl sites for hydroxylation is 1. The fourth-order valence-electron chi connectivity index (χ4n) is 2.16. The largest absolute Gasteiger partial charge is 0.309 e. The molecule has 100 valence electrons. The van der Waals surface area contributed by atoms with Crippen molar-refractivity contribution in [1.29, 1.82) is 0 Å². The Hall–Kier alpha value is -0.810. The quantitative estimate of drug-likeness (QED) is 0.850. The Morgan fingerprint density at radius 1 is 1.28 bits per heavy atom. The Balaban J connectivity index is 2.30. The second-order valence-corrected chi connectivity index (χ2v) is 6.51. The second kappa shape index (κ2) is 5.45. The third-order valence-corrected chi connectivity index (χ3v) is 4.83. The van der Waals surface area contributed by atoms with Crippen molar-refractivity contribution in [3.63, 3.8) is 0 Å². The van der Waals surface area contributed by atoms with Gasteiger partial charge < -0.3 is 5.32 Å². The van der Waals surface area contributed by atoms with Crippen LogP contribution in [-0.2, 0) is 10.8 Å². The summed E-state index contributed by atoms with van der Waals surface area (Å²) in [6.07, 6.45) is 0. The molecule has 1 aromatic rings. The SMILES string of the molecule is Cc1cc(F)c(C2CS(=O)CC(C)CN2)cc1F. The number of hydrogen-bond donors (Lipinski definition) is 1. The van der Waals surface area contributed by atoms with Crippen LogP contribution in [0.2, 0.25) is 0 Å². The van der Waals surface area contributed by atoms with Gasteiger partial charge in [0.05, 0.1) is 0 Å². The molecule has 0 spiro atoms. The summed E-state index contributed by atoms with van der Waals surface area (Å²) in [5.74, 6) is 0.381. The van der Waals surface area contributed by atoms with E-state index in [0.717, 1.165) is 0 Å². The van der Waals surface area contributed by atoms with Gasteiger partial charge in [-0.3, -0.25) is 4.21 Å². The van der Waals surface area contributed by atoms with E-state index in [1.54, 1.807) is 0 Å². The summed E-state index contributed by atoms with van der Waals surface area (Å²) in [5.41, 5.74) is 0.569. The number of rotatable bonds is 1. The maximum Gasteiger partial charge on any atom is 0.128 e. The molecule has 3 atom stereocenters. The van der Waals surface area contributed by atoms with E-state index < -0.39 is 22.4 Å². The van der Waals surface area contributed by atoms with Gasteiger partial charge in [-0.25, -0.2) is 8.78 Å². The molecule has 0 aliphatic carbocycles. The third kappa shape index (κ3) is 2.95. The van der Waals surface area contributed by atoms with E-state index in [0.29, 0.717) is 23.6 Å². The first kappa shape index (κ1) is 13.6. The van der Waals surface area contributed by atoms with Crippen LogP contribution < -0.4 is 5.32 Å². The van der Waals surface area contributed by atoms with Crippen molar-refractivity contribution < 1.29 is 13.0 Å². The highest BCUT2D eigenvalue weighted by atomic mass is 32.2. The van der Waals surface area contributed by atoms with E-state index in [1.165, 1.54) is 19.1 Å². The maximum atomic E-state index is 13.9. The van der Waals surface area contributed by atoms with Crippen molar-refractivity contribution in [3.8, 4) is 0 Å². The Kier molecular flexibility index (Phi) is 4.12. The van der Waals surface area contributed by atoms with E-state index in [-0.39, 0.29) is 17.5 Å². The van der Waals surface area contributed by atoms with Crippen LogP contribution in [0.3, 0.4) is 0 Å². The molecule has 2 nitrogen and oxygen atoms in total. The Bertz CT molecular complexity index is 478. The zero-order valence-electron chi connectivity index (χ0n) is 10.5. The molecular formula is C13H17F2NOS. The lowest BCUT2D eigenvalue weighted by atomic mass is 10.0. The zero-order chi connectivity index (χ0) is 13.3. The van der Waals surface area contributed by atoms with Crippen LogP contribution in [0.4, 0.5) is 8.78 Å². The van der Waals surface area contributed by atoms with E-state index in [1.807, 2.05) is 6.92 Å². The molecule has 0 saturated carbocycles. The normalized spacial score (nSPS) is 29.0. The average Bonchev–Trinajstić information content (AvgIpc) is 2.45. The highest BCUT2D eigenvalue weighted by molar-refractivity contribution is 7.85. The summed E-state index contributed by atoms with van der Waals surface area (Å²) in [7, 11) is -0.990. The first-order chi connectivity index (χ1) is 8.47. The van der Waals surface area contributed by atoms with Gasteiger partial charge in [-0.1, -0.05) is 6.92 Å². The Labute approximate surface area is 108 Å².